The standard InChI is InChI=1S/C23H24FN5O/c1-16-2-7-20(29-25-11-12-26-29)21(27-16)22(30)28-13-9-18-14-23(28,15-18)10-8-17-3-5-19(24)6-4-17/h2-7,11-12,18H,8-10,13-15H2,1H3. The van der Waals surface area contributed by atoms with Crippen LogP contribution in [0.25, 0.3) is 5.69 Å². The van der Waals surface area contributed by atoms with E-state index in [2.05, 4.69) is 15.2 Å². The van der Waals surface area contributed by atoms with Gasteiger partial charge in [-0.2, -0.15) is 10.2 Å². The molecule has 1 saturated carbocycles. The van der Waals surface area contributed by atoms with Crippen molar-refractivity contribution >= 4 is 5.91 Å². The molecule has 7 heteroatoms. The first-order valence-electron chi connectivity index (χ1n) is 10.4. The van der Waals surface area contributed by atoms with Gasteiger partial charge in [-0.3, -0.25) is 4.79 Å². The zero-order valence-electron chi connectivity index (χ0n) is 17.0. The second kappa shape index (κ2) is 7.31. The van der Waals surface area contributed by atoms with Crippen molar-refractivity contribution in [1.29, 1.82) is 0 Å². The number of hydrogen-bond donors (Lipinski definition) is 0. The molecule has 0 unspecified atom stereocenters. The minimum atomic E-state index is -0.222. The smallest absolute Gasteiger partial charge is 0.275 e. The lowest BCUT2D eigenvalue weighted by Crippen LogP contribution is -2.64. The summed E-state index contributed by atoms with van der Waals surface area (Å²) in [4.78, 5) is 21.8. The maximum atomic E-state index is 13.7. The average molecular weight is 405 g/mol. The fraction of sp³-hybridized carbons (Fsp3) is 0.391. The molecule has 6 nitrogen and oxygen atoms in total. The second-order valence-corrected chi connectivity index (χ2v) is 8.51. The molecule has 2 bridgehead atoms. The number of carbonyl (C=O) groups is 1. The predicted octanol–water partition coefficient (Wildman–Crippen LogP) is 3.74. The summed E-state index contributed by atoms with van der Waals surface area (Å²) in [5.74, 6) is 0.420. The Morgan fingerprint density at radius 1 is 1.13 bits per heavy atom. The van der Waals surface area contributed by atoms with Crippen LogP contribution >= 0.6 is 0 Å². The van der Waals surface area contributed by atoms with E-state index >= 15 is 0 Å². The van der Waals surface area contributed by atoms with Gasteiger partial charge < -0.3 is 4.90 Å². The molecule has 1 amide bonds. The second-order valence-electron chi connectivity index (χ2n) is 8.51. The van der Waals surface area contributed by atoms with Crippen LogP contribution in [0.3, 0.4) is 0 Å². The summed E-state index contributed by atoms with van der Waals surface area (Å²) in [5.41, 5.74) is 2.75. The molecule has 2 aliphatic heterocycles. The first kappa shape index (κ1) is 18.9. The molecule has 6 rings (SSSR count). The van der Waals surface area contributed by atoms with Crippen molar-refractivity contribution in [2.45, 2.75) is 44.6 Å². The molecule has 3 fully saturated rings. The highest BCUT2D eigenvalue weighted by Crippen LogP contribution is 2.51. The lowest BCUT2D eigenvalue weighted by Gasteiger charge is -2.59. The van der Waals surface area contributed by atoms with Crippen LogP contribution in [0.4, 0.5) is 4.39 Å². The van der Waals surface area contributed by atoms with Gasteiger partial charge in [-0.05, 0) is 74.8 Å². The van der Waals surface area contributed by atoms with Gasteiger partial charge in [-0.1, -0.05) is 12.1 Å². The minimum absolute atomic E-state index is 0.0525. The van der Waals surface area contributed by atoms with Gasteiger partial charge >= 0.3 is 0 Å². The fourth-order valence-electron chi connectivity index (χ4n) is 5.01. The van der Waals surface area contributed by atoms with Gasteiger partial charge in [0.15, 0.2) is 5.69 Å². The van der Waals surface area contributed by atoms with Crippen molar-refractivity contribution < 1.29 is 9.18 Å². The summed E-state index contributed by atoms with van der Waals surface area (Å²) < 4.78 is 13.2. The third-order valence-electron chi connectivity index (χ3n) is 6.56. The number of pyridine rings is 1. The maximum absolute atomic E-state index is 13.7. The van der Waals surface area contributed by atoms with Crippen molar-refractivity contribution in [2.75, 3.05) is 6.54 Å². The quantitative estimate of drug-likeness (QED) is 0.649. The summed E-state index contributed by atoms with van der Waals surface area (Å²) >= 11 is 0. The minimum Gasteiger partial charge on any atom is -0.332 e. The molecular weight excluding hydrogens is 381 g/mol. The molecule has 1 aromatic carbocycles. The molecule has 30 heavy (non-hydrogen) atoms. The number of rotatable bonds is 5. The van der Waals surface area contributed by atoms with E-state index in [1.165, 1.54) is 16.9 Å². The third-order valence-corrected chi connectivity index (χ3v) is 6.56. The molecule has 2 saturated heterocycles. The van der Waals surface area contributed by atoms with Crippen LogP contribution in [-0.4, -0.2) is 42.9 Å². The predicted molar refractivity (Wildman–Crippen MR) is 110 cm³/mol. The lowest BCUT2D eigenvalue weighted by atomic mass is 9.60. The average Bonchev–Trinajstić information content (AvgIpc) is 3.27. The van der Waals surface area contributed by atoms with Gasteiger partial charge in [0.05, 0.1) is 12.4 Å². The fourth-order valence-corrected chi connectivity index (χ4v) is 5.01. The van der Waals surface area contributed by atoms with Gasteiger partial charge in [-0.15, -0.1) is 4.80 Å². The van der Waals surface area contributed by atoms with Crippen LogP contribution in [0.15, 0.2) is 48.8 Å². The summed E-state index contributed by atoms with van der Waals surface area (Å²) in [6.07, 6.45) is 7.98. The molecule has 4 heterocycles. The number of aryl methyl sites for hydroxylation is 2. The van der Waals surface area contributed by atoms with Crippen molar-refractivity contribution in [3.63, 3.8) is 0 Å². The first-order chi connectivity index (χ1) is 14.5. The van der Waals surface area contributed by atoms with Gasteiger partial charge in [0, 0.05) is 17.8 Å². The highest BCUT2D eigenvalue weighted by atomic mass is 19.1. The molecule has 0 atom stereocenters. The SMILES string of the molecule is Cc1ccc(-n2nccn2)c(C(=O)N2CCC3CC2(CCc2ccc(F)cc2)C3)n1. The van der Waals surface area contributed by atoms with E-state index in [1.807, 2.05) is 36.1 Å². The Kier molecular flexibility index (Phi) is 4.60. The van der Waals surface area contributed by atoms with Gasteiger partial charge in [-0.25, -0.2) is 9.37 Å². The number of hydrogen-bond acceptors (Lipinski definition) is 4. The number of amides is 1. The summed E-state index contributed by atoms with van der Waals surface area (Å²) in [5, 5.41) is 8.40. The molecule has 1 aliphatic carbocycles. The van der Waals surface area contributed by atoms with E-state index in [4.69, 9.17) is 0 Å². The number of fused-ring (bicyclic) bond motifs is 2. The Balaban J connectivity index is 1.43. The van der Waals surface area contributed by atoms with E-state index in [9.17, 15) is 9.18 Å². The maximum Gasteiger partial charge on any atom is 0.275 e. The lowest BCUT2D eigenvalue weighted by molar-refractivity contribution is -0.0619. The Morgan fingerprint density at radius 3 is 2.60 bits per heavy atom. The number of carbonyl (C=O) groups excluding carboxylic acids is 1. The molecule has 0 spiro atoms. The molecule has 2 aromatic heterocycles. The third kappa shape index (κ3) is 3.28. The highest BCUT2D eigenvalue weighted by molar-refractivity contribution is 5.96. The van der Waals surface area contributed by atoms with Crippen LogP contribution in [0, 0.1) is 18.7 Å². The Hall–Kier alpha value is -3.09. The van der Waals surface area contributed by atoms with Crippen LogP contribution < -0.4 is 0 Å². The zero-order chi connectivity index (χ0) is 20.7. The number of nitrogens with zero attached hydrogens (tertiary/aromatic N) is 5. The van der Waals surface area contributed by atoms with E-state index in [-0.39, 0.29) is 17.3 Å². The molecule has 0 N–H and O–H groups in total. The normalized spacial score (nSPS) is 22.6. The largest absolute Gasteiger partial charge is 0.332 e. The Bertz CT molecular complexity index is 1060. The first-order valence-corrected chi connectivity index (χ1v) is 10.4. The Labute approximate surface area is 174 Å². The van der Waals surface area contributed by atoms with Crippen molar-refractivity contribution in [3.05, 3.63) is 71.6 Å². The Morgan fingerprint density at radius 2 is 1.87 bits per heavy atom. The van der Waals surface area contributed by atoms with E-state index < -0.39 is 0 Å². The monoisotopic (exact) mass is 405 g/mol. The van der Waals surface area contributed by atoms with E-state index in [0.717, 1.165) is 49.9 Å². The molecule has 154 valence electrons. The topological polar surface area (TPSA) is 63.9 Å². The molecule has 3 aromatic rings. The van der Waals surface area contributed by atoms with Crippen LogP contribution in [-0.2, 0) is 6.42 Å². The van der Waals surface area contributed by atoms with Crippen LogP contribution in [0.2, 0.25) is 0 Å². The zero-order valence-corrected chi connectivity index (χ0v) is 17.0. The number of piperidine rings is 2. The molecule has 3 aliphatic rings. The van der Waals surface area contributed by atoms with Crippen LogP contribution in [0.5, 0.6) is 0 Å². The van der Waals surface area contributed by atoms with E-state index in [0.29, 0.717) is 17.3 Å². The molecular formula is C23H24FN5O. The van der Waals surface area contributed by atoms with Crippen molar-refractivity contribution in [1.82, 2.24) is 24.9 Å². The van der Waals surface area contributed by atoms with Gasteiger partial charge in [0.2, 0.25) is 0 Å². The number of halogens is 1. The van der Waals surface area contributed by atoms with Crippen LogP contribution in [0.1, 0.15) is 47.4 Å². The summed E-state index contributed by atoms with van der Waals surface area (Å²) in [7, 11) is 0. The summed E-state index contributed by atoms with van der Waals surface area (Å²) in [6, 6.07) is 10.4. The number of aromatic nitrogens is 4. The molecule has 0 radical (unpaired) electrons. The van der Waals surface area contributed by atoms with Gasteiger partial charge in [0.1, 0.15) is 11.5 Å². The highest BCUT2D eigenvalue weighted by Gasteiger charge is 2.53. The van der Waals surface area contributed by atoms with Crippen molar-refractivity contribution in [3.8, 4) is 5.69 Å². The summed E-state index contributed by atoms with van der Waals surface area (Å²) in [6.45, 7) is 2.63. The van der Waals surface area contributed by atoms with Crippen molar-refractivity contribution in [2.24, 2.45) is 5.92 Å². The van der Waals surface area contributed by atoms with Gasteiger partial charge in [0.25, 0.3) is 5.91 Å². The van der Waals surface area contributed by atoms with E-state index in [1.54, 1.807) is 12.4 Å². The number of benzene rings is 1.